The summed E-state index contributed by atoms with van der Waals surface area (Å²) >= 11 is 0. The van der Waals surface area contributed by atoms with Gasteiger partial charge in [-0.05, 0) is 25.2 Å². The molecule has 0 radical (unpaired) electrons. The van der Waals surface area contributed by atoms with E-state index in [0.717, 1.165) is 30.2 Å². The van der Waals surface area contributed by atoms with Crippen LogP contribution in [-0.2, 0) is 6.42 Å². The molecule has 1 aliphatic carbocycles. The molecule has 2 rings (SSSR count). The van der Waals surface area contributed by atoms with E-state index in [1.54, 1.807) is 0 Å². The summed E-state index contributed by atoms with van der Waals surface area (Å²) in [6.07, 6.45) is 6.66. The number of aromatic nitrogens is 1. The third kappa shape index (κ3) is 2.85. The van der Waals surface area contributed by atoms with Crippen molar-refractivity contribution in [3.05, 3.63) is 17.5 Å². The maximum absolute atomic E-state index is 8.75. The molecule has 0 saturated heterocycles. The van der Waals surface area contributed by atoms with Gasteiger partial charge in [0.1, 0.15) is 5.76 Å². The van der Waals surface area contributed by atoms with Gasteiger partial charge in [-0.2, -0.15) is 0 Å². The summed E-state index contributed by atoms with van der Waals surface area (Å²) in [5.41, 5.74) is 1.12. The predicted molar refractivity (Wildman–Crippen MR) is 62.3 cm³/mol. The van der Waals surface area contributed by atoms with Gasteiger partial charge in [-0.3, -0.25) is 0 Å². The van der Waals surface area contributed by atoms with Crippen LogP contribution in [-0.4, -0.2) is 16.9 Å². The van der Waals surface area contributed by atoms with E-state index in [0.29, 0.717) is 5.92 Å². The number of aliphatic hydroxyl groups is 1. The van der Waals surface area contributed by atoms with Crippen molar-refractivity contribution in [3.63, 3.8) is 0 Å². The molecule has 0 aromatic carbocycles. The smallest absolute Gasteiger partial charge is 0.137 e. The van der Waals surface area contributed by atoms with Gasteiger partial charge in [-0.1, -0.05) is 24.9 Å². The second kappa shape index (κ2) is 5.48. The lowest BCUT2D eigenvalue weighted by Crippen LogP contribution is -2.10. The summed E-state index contributed by atoms with van der Waals surface area (Å²) in [5.74, 6) is 2.39. The number of rotatable bonds is 4. The molecule has 0 unspecified atom stereocenters. The predicted octanol–water partition coefficient (Wildman–Crippen LogP) is 2.89. The number of aryl methyl sites for hydroxylation is 1. The molecule has 1 fully saturated rings. The normalized spacial score (nSPS) is 25.9. The van der Waals surface area contributed by atoms with Crippen molar-refractivity contribution in [3.8, 4) is 0 Å². The van der Waals surface area contributed by atoms with Crippen LogP contribution in [0, 0.1) is 5.92 Å². The van der Waals surface area contributed by atoms with Gasteiger partial charge >= 0.3 is 0 Å². The third-order valence-corrected chi connectivity index (χ3v) is 3.59. The van der Waals surface area contributed by atoms with Crippen LogP contribution in [0.2, 0.25) is 0 Å². The molecule has 0 atom stereocenters. The van der Waals surface area contributed by atoms with Crippen LogP contribution >= 0.6 is 0 Å². The van der Waals surface area contributed by atoms with Gasteiger partial charge in [0.25, 0.3) is 0 Å². The Labute approximate surface area is 96.8 Å². The first-order valence-corrected chi connectivity index (χ1v) is 6.36. The Morgan fingerprint density at radius 1 is 1.38 bits per heavy atom. The Bertz CT molecular complexity index is 313. The summed E-state index contributed by atoms with van der Waals surface area (Å²) in [6.45, 7) is 2.54. The van der Waals surface area contributed by atoms with E-state index >= 15 is 0 Å². The van der Waals surface area contributed by atoms with Gasteiger partial charge in [-0.25, -0.2) is 0 Å². The standard InChI is InChI=1S/C13H21NO2/c1-10-4-6-11(7-5-10)13-9-12(16-14-13)3-2-8-15/h9-11,15H,2-8H2,1H3. The molecule has 1 saturated carbocycles. The number of hydrogen-bond acceptors (Lipinski definition) is 3. The van der Waals surface area contributed by atoms with Crippen molar-refractivity contribution in [2.45, 2.75) is 51.4 Å². The molecular formula is C13H21NO2. The van der Waals surface area contributed by atoms with E-state index in [1.165, 1.54) is 25.7 Å². The lowest BCUT2D eigenvalue weighted by atomic mass is 9.81. The summed E-state index contributed by atoms with van der Waals surface area (Å²) in [4.78, 5) is 0. The molecule has 0 bridgehead atoms. The molecule has 0 spiro atoms. The lowest BCUT2D eigenvalue weighted by Gasteiger charge is -2.24. The highest BCUT2D eigenvalue weighted by molar-refractivity contribution is 5.11. The van der Waals surface area contributed by atoms with Crippen LogP contribution in [0.4, 0.5) is 0 Å². The van der Waals surface area contributed by atoms with E-state index in [1.807, 2.05) is 0 Å². The molecule has 3 nitrogen and oxygen atoms in total. The highest BCUT2D eigenvalue weighted by Gasteiger charge is 2.22. The fourth-order valence-corrected chi connectivity index (χ4v) is 2.45. The van der Waals surface area contributed by atoms with Crippen LogP contribution in [0.25, 0.3) is 0 Å². The minimum Gasteiger partial charge on any atom is -0.396 e. The highest BCUT2D eigenvalue weighted by Crippen LogP contribution is 2.35. The molecule has 0 amide bonds. The average molecular weight is 223 g/mol. The minimum absolute atomic E-state index is 0.219. The summed E-state index contributed by atoms with van der Waals surface area (Å²) in [7, 11) is 0. The third-order valence-electron chi connectivity index (χ3n) is 3.59. The molecule has 3 heteroatoms. The van der Waals surface area contributed by atoms with Crippen molar-refractivity contribution < 1.29 is 9.63 Å². The van der Waals surface area contributed by atoms with Crippen LogP contribution in [0.3, 0.4) is 0 Å². The Kier molecular flexibility index (Phi) is 3.99. The SMILES string of the molecule is CC1CCC(c2cc(CCCO)on2)CC1. The van der Waals surface area contributed by atoms with E-state index in [-0.39, 0.29) is 6.61 Å². The zero-order valence-corrected chi connectivity index (χ0v) is 9.98. The summed E-state index contributed by atoms with van der Waals surface area (Å²) in [6, 6.07) is 2.08. The molecule has 1 N–H and O–H groups in total. The topological polar surface area (TPSA) is 46.3 Å². The second-order valence-corrected chi connectivity index (χ2v) is 5.00. The monoisotopic (exact) mass is 223 g/mol. The average Bonchev–Trinajstić information content (AvgIpc) is 2.76. The molecule has 1 heterocycles. The van der Waals surface area contributed by atoms with Gasteiger partial charge in [0.15, 0.2) is 0 Å². The van der Waals surface area contributed by atoms with Crippen molar-refractivity contribution in [1.29, 1.82) is 0 Å². The Morgan fingerprint density at radius 2 is 2.12 bits per heavy atom. The van der Waals surface area contributed by atoms with Gasteiger partial charge in [0.2, 0.25) is 0 Å². The molecule has 16 heavy (non-hydrogen) atoms. The van der Waals surface area contributed by atoms with Gasteiger partial charge in [-0.15, -0.1) is 0 Å². The minimum atomic E-state index is 0.219. The fraction of sp³-hybridized carbons (Fsp3) is 0.769. The molecule has 1 aromatic heterocycles. The second-order valence-electron chi connectivity index (χ2n) is 5.00. The Morgan fingerprint density at radius 3 is 2.81 bits per heavy atom. The van der Waals surface area contributed by atoms with Gasteiger partial charge < -0.3 is 9.63 Å². The lowest BCUT2D eigenvalue weighted by molar-refractivity contribution is 0.278. The molecule has 1 aliphatic rings. The maximum Gasteiger partial charge on any atom is 0.137 e. The summed E-state index contributed by atoms with van der Waals surface area (Å²) < 4.78 is 5.29. The zero-order chi connectivity index (χ0) is 11.4. The number of hydrogen-bond donors (Lipinski definition) is 1. The van der Waals surface area contributed by atoms with Crippen LogP contribution in [0.1, 0.15) is 56.4 Å². The Hall–Kier alpha value is -0.830. The fourth-order valence-electron chi connectivity index (χ4n) is 2.45. The molecular weight excluding hydrogens is 202 g/mol. The van der Waals surface area contributed by atoms with Crippen LogP contribution in [0.15, 0.2) is 10.6 Å². The van der Waals surface area contributed by atoms with Crippen LogP contribution in [0.5, 0.6) is 0 Å². The maximum atomic E-state index is 8.75. The van der Waals surface area contributed by atoms with Gasteiger partial charge in [0.05, 0.1) is 5.69 Å². The van der Waals surface area contributed by atoms with Crippen molar-refractivity contribution >= 4 is 0 Å². The van der Waals surface area contributed by atoms with E-state index in [2.05, 4.69) is 18.1 Å². The largest absolute Gasteiger partial charge is 0.396 e. The quantitative estimate of drug-likeness (QED) is 0.853. The van der Waals surface area contributed by atoms with E-state index in [9.17, 15) is 0 Å². The Balaban J connectivity index is 1.91. The van der Waals surface area contributed by atoms with E-state index < -0.39 is 0 Å². The number of aliphatic hydroxyl groups excluding tert-OH is 1. The first-order chi connectivity index (χ1) is 7.79. The molecule has 0 aliphatic heterocycles. The first-order valence-electron chi connectivity index (χ1n) is 6.36. The molecule has 1 aromatic rings. The van der Waals surface area contributed by atoms with E-state index in [4.69, 9.17) is 9.63 Å². The van der Waals surface area contributed by atoms with Crippen molar-refractivity contribution in [2.75, 3.05) is 6.61 Å². The van der Waals surface area contributed by atoms with Gasteiger partial charge in [0, 0.05) is 25.0 Å². The molecule has 90 valence electrons. The first kappa shape index (κ1) is 11.6. The van der Waals surface area contributed by atoms with Crippen LogP contribution < -0.4 is 0 Å². The zero-order valence-electron chi connectivity index (χ0n) is 9.98. The van der Waals surface area contributed by atoms with Crippen molar-refractivity contribution in [2.24, 2.45) is 5.92 Å². The summed E-state index contributed by atoms with van der Waals surface area (Å²) in [5, 5.41) is 12.9. The van der Waals surface area contributed by atoms with Crippen molar-refractivity contribution in [1.82, 2.24) is 5.16 Å². The highest BCUT2D eigenvalue weighted by atomic mass is 16.5. The number of nitrogens with zero attached hydrogens (tertiary/aromatic N) is 1.